The molecule has 0 saturated carbocycles. The molecule has 0 fully saturated rings. The van der Waals surface area contributed by atoms with Crippen LogP contribution in [-0.2, 0) is 9.47 Å². The lowest BCUT2D eigenvalue weighted by molar-refractivity contribution is 0.0927. The lowest BCUT2D eigenvalue weighted by Crippen LogP contribution is -2.25. The minimum Gasteiger partial charge on any atom is -0.496 e. The molecule has 2 aliphatic heterocycles. The molecule has 4 aromatic carbocycles. The summed E-state index contributed by atoms with van der Waals surface area (Å²) in [6, 6.07) is 39.6. The van der Waals surface area contributed by atoms with Crippen LogP contribution in [0.25, 0.3) is 30.4 Å². The van der Waals surface area contributed by atoms with Gasteiger partial charge in [0.2, 0.25) is 0 Å². The number of unbranched alkanes of at least 4 members (excludes halogenated alkanes) is 4. The SMILES string of the molecule is CC1=C(C#N)C(=C(C#N)C#N)OC1(C)C.CCCCN(CCCC)c1ccc(/C=C/c2ccc(/C=C/C3=C(C#N)C(=C(C#N)C#N)OC3(C)C)cc2)c(OC)c1.CCCCN(CCCC)c1ccc(/C=C/c2ccc(C=O)cc2)c(OC)c1. The van der Waals surface area contributed by atoms with Crippen LogP contribution in [0.15, 0.2) is 136 Å². The molecule has 6 rings (SSSR count). The minimum absolute atomic E-state index is 0.0423. The molecule has 2 heterocycles. The van der Waals surface area contributed by atoms with Gasteiger partial charge in [-0.1, -0.05) is 138 Å². The quantitative estimate of drug-likeness (QED) is 0.0386. The van der Waals surface area contributed by atoms with E-state index >= 15 is 0 Å². The van der Waals surface area contributed by atoms with Gasteiger partial charge in [0.15, 0.2) is 22.7 Å². The highest BCUT2D eigenvalue weighted by atomic mass is 16.5. The van der Waals surface area contributed by atoms with E-state index in [0.717, 1.165) is 77.4 Å². The van der Waals surface area contributed by atoms with Crippen LogP contribution in [0.1, 0.15) is 152 Å². The maximum Gasteiger partial charge on any atom is 0.172 e. The summed E-state index contributed by atoms with van der Waals surface area (Å²) >= 11 is 0. The molecule has 0 N–H and O–H groups in total. The Morgan fingerprint density at radius 2 is 0.843 bits per heavy atom. The van der Waals surface area contributed by atoms with E-state index in [4.69, 9.17) is 34.7 Å². The van der Waals surface area contributed by atoms with E-state index < -0.39 is 11.2 Å². The molecule has 4 aromatic rings. The van der Waals surface area contributed by atoms with Gasteiger partial charge in [-0.2, -0.15) is 31.6 Å². The Morgan fingerprint density at radius 1 is 0.494 bits per heavy atom. The summed E-state index contributed by atoms with van der Waals surface area (Å²) in [6.45, 7) is 22.1. The Labute approximate surface area is 493 Å². The van der Waals surface area contributed by atoms with Crippen molar-refractivity contribution >= 4 is 48.0 Å². The fourth-order valence-electron chi connectivity index (χ4n) is 8.93. The predicted octanol–water partition coefficient (Wildman–Crippen LogP) is 16.2. The van der Waals surface area contributed by atoms with Gasteiger partial charge in [-0.05, 0) is 107 Å². The molecule has 0 atom stereocenters. The largest absolute Gasteiger partial charge is 0.496 e. The van der Waals surface area contributed by atoms with Gasteiger partial charge in [0.1, 0.15) is 71.0 Å². The Bertz CT molecular complexity index is 3320. The number of aldehydes is 1. The monoisotopic (exact) mass is 1110 g/mol. The van der Waals surface area contributed by atoms with Gasteiger partial charge in [0.05, 0.1) is 19.8 Å². The summed E-state index contributed by atoms with van der Waals surface area (Å²) in [7, 11) is 3.43. The second kappa shape index (κ2) is 33.3. The summed E-state index contributed by atoms with van der Waals surface area (Å²) in [5, 5.41) is 54.6. The van der Waals surface area contributed by atoms with E-state index in [-0.39, 0.29) is 33.8 Å². The Balaban J connectivity index is 0.000000300. The average molecular weight is 1110 g/mol. The van der Waals surface area contributed by atoms with Crippen molar-refractivity contribution in [2.45, 2.75) is 125 Å². The molecule has 83 heavy (non-hydrogen) atoms. The molecular weight excluding hydrogens is 1030 g/mol. The molecule has 428 valence electrons. The third-order valence-corrected chi connectivity index (χ3v) is 14.1. The highest BCUT2D eigenvalue weighted by Crippen LogP contribution is 2.41. The maximum absolute atomic E-state index is 10.8. The van der Waals surface area contributed by atoms with Crippen LogP contribution in [0.2, 0.25) is 0 Å². The second-order valence-electron chi connectivity index (χ2n) is 20.8. The molecule has 0 spiro atoms. The van der Waals surface area contributed by atoms with E-state index in [0.29, 0.717) is 11.1 Å². The van der Waals surface area contributed by atoms with E-state index in [1.54, 1.807) is 47.1 Å². The highest BCUT2D eigenvalue weighted by molar-refractivity contribution is 5.78. The van der Waals surface area contributed by atoms with Gasteiger partial charge < -0.3 is 28.7 Å². The van der Waals surface area contributed by atoms with Gasteiger partial charge in [0, 0.05) is 71.9 Å². The summed E-state index contributed by atoms with van der Waals surface area (Å²) in [5.41, 5.74) is 8.26. The minimum atomic E-state index is -0.837. The summed E-state index contributed by atoms with van der Waals surface area (Å²) in [5.74, 6) is 1.88. The van der Waals surface area contributed by atoms with E-state index in [1.807, 2.05) is 98.8 Å². The summed E-state index contributed by atoms with van der Waals surface area (Å²) in [4.78, 5) is 15.7. The number of carbonyl (C=O) groups is 1. The predicted molar refractivity (Wildman–Crippen MR) is 333 cm³/mol. The molecule has 13 nitrogen and oxygen atoms in total. The number of hydrogen-bond acceptors (Lipinski definition) is 13. The van der Waals surface area contributed by atoms with E-state index in [1.165, 1.54) is 62.7 Å². The number of ether oxygens (including phenoxy) is 4. The average Bonchev–Trinajstić information content (AvgIpc) is 4.14. The molecule has 13 heteroatoms. The first-order valence-electron chi connectivity index (χ1n) is 28.3. The normalized spacial score (nSPS) is 13.7. The van der Waals surface area contributed by atoms with Crippen molar-refractivity contribution in [3.8, 4) is 47.9 Å². The van der Waals surface area contributed by atoms with Gasteiger partial charge in [-0.3, -0.25) is 4.79 Å². The first kappa shape index (κ1) is 66.0. The number of carbonyl (C=O) groups excluding carboxylic acids is 1. The van der Waals surface area contributed by atoms with Crippen LogP contribution in [0.3, 0.4) is 0 Å². The van der Waals surface area contributed by atoms with Crippen LogP contribution < -0.4 is 19.3 Å². The molecule has 0 unspecified atom stereocenters. The topological polar surface area (TPSA) is 203 Å². The zero-order valence-corrected chi connectivity index (χ0v) is 50.2. The van der Waals surface area contributed by atoms with Gasteiger partial charge in [0.25, 0.3) is 0 Å². The maximum atomic E-state index is 10.8. The number of nitrogens with zero attached hydrogens (tertiary/aromatic N) is 8. The zero-order chi connectivity index (χ0) is 61.0. The van der Waals surface area contributed by atoms with Crippen molar-refractivity contribution in [1.29, 1.82) is 31.6 Å². The molecule has 0 saturated heterocycles. The molecule has 2 aliphatic rings. The number of rotatable bonds is 23. The highest BCUT2D eigenvalue weighted by Gasteiger charge is 2.39. The Kier molecular flexibility index (Phi) is 26.5. The van der Waals surface area contributed by atoms with Crippen LogP contribution in [0.4, 0.5) is 11.4 Å². The lowest BCUT2D eigenvalue weighted by atomic mass is 9.94. The van der Waals surface area contributed by atoms with Gasteiger partial charge >= 0.3 is 0 Å². The second-order valence-corrected chi connectivity index (χ2v) is 20.8. The molecule has 0 bridgehead atoms. The summed E-state index contributed by atoms with van der Waals surface area (Å²) < 4.78 is 22.7. The number of hydrogen-bond donors (Lipinski definition) is 0. The Hall–Kier alpha value is -9.53. The van der Waals surface area contributed by atoms with Crippen LogP contribution in [0.5, 0.6) is 11.5 Å². The number of anilines is 2. The lowest BCUT2D eigenvalue weighted by Gasteiger charge is -2.25. The van der Waals surface area contributed by atoms with Crippen LogP contribution in [0, 0.1) is 68.0 Å². The van der Waals surface area contributed by atoms with Gasteiger partial charge in [-0.15, -0.1) is 0 Å². The fraction of sp³-hybridized carbons (Fsp3) is 0.357. The first-order chi connectivity index (χ1) is 40.0. The molecule has 0 radical (unpaired) electrons. The molecule has 0 amide bonds. The van der Waals surface area contributed by atoms with Crippen molar-refractivity contribution in [3.05, 3.63) is 169 Å². The van der Waals surface area contributed by atoms with Crippen molar-refractivity contribution in [1.82, 2.24) is 0 Å². The standard InChI is InChI=1S/C35H38N4O2.C24H31NO2.C11H9N3O/c1-6-8-20-39(21-9-7-2)30-18-17-28(33(22-30)40-5)16-14-26-10-12-27(13-11-26)15-19-32-31(25-38)34(29(23-36)24-37)41-35(32,3)4;1-4-6-16-25(17-7-5-2)23-15-14-22(24(18-23)27-3)13-12-20-8-10-21(19-26)11-9-20;1-7-9(6-14)10(8(4-12)5-13)15-11(7,2)3/h10-19,22H,6-9,20-21H2,1-5H3;8-15,18-19H,4-7,16-17H2,1-3H3;1-3H3/b16-14+,19-15+;13-12+;. The van der Waals surface area contributed by atoms with Crippen molar-refractivity contribution in [2.75, 3.05) is 50.2 Å². The van der Waals surface area contributed by atoms with Crippen LogP contribution >= 0.6 is 0 Å². The van der Waals surface area contributed by atoms with Crippen LogP contribution in [-0.4, -0.2) is 57.9 Å². The van der Waals surface area contributed by atoms with Crippen molar-refractivity contribution < 1.29 is 23.7 Å². The Morgan fingerprint density at radius 3 is 1.18 bits per heavy atom. The van der Waals surface area contributed by atoms with Crippen molar-refractivity contribution in [2.24, 2.45) is 0 Å². The third kappa shape index (κ3) is 18.5. The van der Waals surface area contributed by atoms with Gasteiger partial charge in [-0.25, -0.2) is 0 Å². The van der Waals surface area contributed by atoms with E-state index in [2.05, 4.69) is 98.2 Å². The number of benzene rings is 4. The summed E-state index contributed by atoms with van der Waals surface area (Å²) in [6.07, 6.45) is 22.3. The third-order valence-electron chi connectivity index (χ3n) is 14.1. The molecule has 0 aromatic heterocycles. The fourth-order valence-corrected chi connectivity index (χ4v) is 8.93. The first-order valence-corrected chi connectivity index (χ1v) is 28.3. The van der Waals surface area contributed by atoms with Crippen molar-refractivity contribution in [3.63, 3.8) is 0 Å². The molecule has 0 aliphatic carbocycles. The number of nitriles is 6. The molecular formula is C70H78N8O5. The number of methoxy groups -OCH3 is 2. The number of allylic oxidation sites excluding steroid dienone is 4. The zero-order valence-electron chi connectivity index (χ0n) is 50.2. The smallest absolute Gasteiger partial charge is 0.172 e. The van der Waals surface area contributed by atoms with E-state index in [9.17, 15) is 20.6 Å².